The van der Waals surface area contributed by atoms with Gasteiger partial charge < -0.3 is 0 Å². The first kappa shape index (κ1) is 9.14. The number of nitrogens with zero attached hydrogens (tertiary/aromatic N) is 1. The van der Waals surface area contributed by atoms with E-state index in [1.807, 2.05) is 0 Å². The average Bonchev–Trinajstić information content (AvgIpc) is 2.16. The molecule has 1 rings (SSSR count). The van der Waals surface area contributed by atoms with Crippen molar-refractivity contribution in [2.45, 2.75) is 0 Å². The molecule has 0 atom stereocenters. The van der Waals surface area contributed by atoms with Gasteiger partial charge in [0.25, 0.3) is 0 Å². The molecule has 1 aromatic rings. The number of hydrogen-bond acceptors (Lipinski definition) is 2. The summed E-state index contributed by atoms with van der Waals surface area (Å²) in [6, 6.07) is 5.61. The number of nitriles is 1. The number of aldehydes is 1. The Labute approximate surface area is 74.9 Å². The van der Waals surface area contributed by atoms with Crippen LogP contribution in [0.2, 0.25) is 0 Å². The van der Waals surface area contributed by atoms with Crippen molar-refractivity contribution < 1.29 is 9.18 Å². The second kappa shape index (κ2) is 4.17. The third-order valence-corrected chi connectivity index (χ3v) is 1.51. The molecule has 0 aliphatic rings. The molecule has 0 saturated carbocycles. The van der Waals surface area contributed by atoms with E-state index in [-0.39, 0.29) is 5.56 Å². The summed E-state index contributed by atoms with van der Waals surface area (Å²) in [7, 11) is 0. The minimum Gasteiger partial charge on any atom is -0.298 e. The fraction of sp³-hybridized carbons (Fsp3) is 0. The summed E-state index contributed by atoms with van der Waals surface area (Å²) in [6.07, 6.45) is 3.25. The Bertz CT molecular complexity index is 390. The smallest absolute Gasteiger partial charge is 0.150 e. The summed E-state index contributed by atoms with van der Waals surface area (Å²) in [4.78, 5) is 10.5. The van der Waals surface area contributed by atoms with Gasteiger partial charge in [-0.25, -0.2) is 4.39 Å². The molecule has 0 fully saturated rings. The fourth-order valence-electron chi connectivity index (χ4n) is 0.927. The van der Waals surface area contributed by atoms with Gasteiger partial charge in [0, 0.05) is 11.6 Å². The molecule has 0 amide bonds. The van der Waals surface area contributed by atoms with Gasteiger partial charge in [-0.15, -0.1) is 0 Å². The minimum atomic E-state index is -0.462. The Balaban J connectivity index is 3.15. The molecule has 0 radical (unpaired) electrons. The van der Waals surface area contributed by atoms with Crippen molar-refractivity contribution in [2.75, 3.05) is 0 Å². The molecule has 13 heavy (non-hydrogen) atoms. The van der Waals surface area contributed by atoms with E-state index in [0.29, 0.717) is 11.8 Å². The lowest BCUT2D eigenvalue weighted by Crippen LogP contribution is -1.87. The van der Waals surface area contributed by atoms with E-state index in [0.717, 1.165) is 6.07 Å². The van der Waals surface area contributed by atoms with E-state index in [1.54, 1.807) is 6.07 Å². The highest BCUT2D eigenvalue weighted by molar-refractivity contribution is 5.82. The minimum absolute atomic E-state index is 0.242. The molecule has 0 aliphatic heterocycles. The largest absolute Gasteiger partial charge is 0.298 e. The molecule has 0 saturated heterocycles. The monoisotopic (exact) mass is 175 g/mol. The highest BCUT2D eigenvalue weighted by Gasteiger charge is 1.99. The first-order chi connectivity index (χ1) is 6.27. The van der Waals surface area contributed by atoms with Gasteiger partial charge in [0.1, 0.15) is 5.82 Å². The number of allylic oxidation sites excluding steroid dienone is 1. The van der Waals surface area contributed by atoms with Gasteiger partial charge >= 0.3 is 0 Å². The van der Waals surface area contributed by atoms with Crippen LogP contribution in [0.15, 0.2) is 24.3 Å². The summed E-state index contributed by atoms with van der Waals surface area (Å²) in [5.74, 6) is -0.462. The van der Waals surface area contributed by atoms with Gasteiger partial charge in [0.15, 0.2) is 6.29 Å². The molecular weight excluding hydrogens is 169 g/mol. The Morgan fingerprint density at radius 2 is 2.15 bits per heavy atom. The van der Waals surface area contributed by atoms with Crippen molar-refractivity contribution in [3.05, 3.63) is 41.2 Å². The summed E-state index contributed by atoms with van der Waals surface area (Å²) in [5, 5.41) is 8.25. The molecular formula is C10H6FNO. The van der Waals surface area contributed by atoms with Crippen molar-refractivity contribution >= 4 is 12.4 Å². The van der Waals surface area contributed by atoms with Crippen LogP contribution in [-0.4, -0.2) is 6.29 Å². The second-order valence-electron chi connectivity index (χ2n) is 2.35. The summed E-state index contributed by atoms with van der Waals surface area (Å²) in [6.45, 7) is 0. The fourth-order valence-corrected chi connectivity index (χ4v) is 0.927. The highest BCUT2D eigenvalue weighted by atomic mass is 19.1. The third-order valence-electron chi connectivity index (χ3n) is 1.51. The van der Waals surface area contributed by atoms with Crippen molar-refractivity contribution in [1.29, 1.82) is 5.26 Å². The van der Waals surface area contributed by atoms with E-state index in [9.17, 15) is 9.18 Å². The quantitative estimate of drug-likeness (QED) is 0.510. The maximum absolute atomic E-state index is 12.6. The highest BCUT2D eigenvalue weighted by Crippen LogP contribution is 2.10. The lowest BCUT2D eigenvalue weighted by molar-refractivity contribution is 0.112. The van der Waals surface area contributed by atoms with Crippen molar-refractivity contribution in [3.63, 3.8) is 0 Å². The van der Waals surface area contributed by atoms with Crippen LogP contribution in [0.5, 0.6) is 0 Å². The lowest BCUT2D eigenvalue weighted by atomic mass is 10.1. The predicted molar refractivity (Wildman–Crippen MR) is 46.4 cm³/mol. The molecule has 3 heteroatoms. The van der Waals surface area contributed by atoms with E-state index < -0.39 is 5.82 Å². The van der Waals surface area contributed by atoms with E-state index in [2.05, 4.69) is 0 Å². The van der Waals surface area contributed by atoms with Gasteiger partial charge in [-0.2, -0.15) is 5.26 Å². The molecule has 0 aromatic heterocycles. The van der Waals surface area contributed by atoms with Crippen LogP contribution in [0.4, 0.5) is 4.39 Å². The number of hydrogen-bond donors (Lipinski definition) is 0. The Morgan fingerprint density at radius 3 is 2.77 bits per heavy atom. The zero-order chi connectivity index (χ0) is 9.68. The van der Waals surface area contributed by atoms with Gasteiger partial charge in [0.05, 0.1) is 6.07 Å². The molecule has 0 spiro atoms. The number of carbonyl (C=O) groups excluding carboxylic acids is 1. The number of rotatable bonds is 2. The number of halogens is 1. The third kappa shape index (κ3) is 2.24. The number of carbonyl (C=O) groups is 1. The van der Waals surface area contributed by atoms with E-state index in [1.165, 1.54) is 24.3 Å². The molecule has 0 unspecified atom stereocenters. The van der Waals surface area contributed by atoms with Crippen LogP contribution in [0.3, 0.4) is 0 Å². The first-order valence-corrected chi connectivity index (χ1v) is 3.59. The molecule has 0 bridgehead atoms. The van der Waals surface area contributed by atoms with E-state index >= 15 is 0 Å². The summed E-state index contributed by atoms with van der Waals surface area (Å²) >= 11 is 0. The van der Waals surface area contributed by atoms with Crippen molar-refractivity contribution in [1.82, 2.24) is 0 Å². The predicted octanol–water partition coefficient (Wildman–Crippen LogP) is 2.17. The van der Waals surface area contributed by atoms with Crippen LogP contribution in [-0.2, 0) is 0 Å². The maximum atomic E-state index is 12.6. The van der Waals surface area contributed by atoms with Gasteiger partial charge in [0.2, 0.25) is 0 Å². The molecule has 64 valence electrons. The SMILES string of the molecule is N#CC=Cc1ccc(F)cc1C=O. The molecule has 0 aliphatic carbocycles. The first-order valence-electron chi connectivity index (χ1n) is 3.59. The Morgan fingerprint density at radius 1 is 1.38 bits per heavy atom. The lowest BCUT2D eigenvalue weighted by Gasteiger charge is -1.96. The van der Waals surface area contributed by atoms with Crippen molar-refractivity contribution in [2.24, 2.45) is 0 Å². The molecule has 1 aromatic carbocycles. The van der Waals surface area contributed by atoms with Crippen LogP contribution in [0.25, 0.3) is 6.08 Å². The Kier molecular flexibility index (Phi) is 2.93. The zero-order valence-corrected chi connectivity index (χ0v) is 6.70. The molecule has 0 heterocycles. The topological polar surface area (TPSA) is 40.9 Å². The van der Waals surface area contributed by atoms with Crippen LogP contribution >= 0.6 is 0 Å². The van der Waals surface area contributed by atoms with Crippen LogP contribution < -0.4 is 0 Å². The normalized spacial score (nSPS) is 9.85. The van der Waals surface area contributed by atoms with E-state index in [4.69, 9.17) is 5.26 Å². The molecule has 0 N–H and O–H groups in total. The van der Waals surface area contributed by atoms with Gasteiger partial charge in [-0.3, -0.25) is 4.79 Å². The molecule has 2 nitrogen and oxygen atoms in total. The zero-order valence-electron chi connectivity index (χ0n) is 6.70. The van der Waals surface area contributed by atoms with Gasteiger partial charge in [-0.1, -0.05) is 6.07 Å². The average molecular weight is 175 g/mol. The maximum Gasteiger partial charge on any atom is 0.150 e. The van der Waals surface area contributed by atoms with Gasteiger partial charge in [-0.05, 0) is 23.8 Å². The summed E-state index contributed by atoms with van der Waals surface area (Å²) in [5.41, 5.74) is 0.782. The standard InChI is InChI=1S/C10H6FNO/c11-10-4-3-8(2-1-5-12)9(6-10)7-13/h1-4,6-7H. The van der Waals surface area contributed by atoms with Crippen LogP contribution in [0.1, 0.15) is 15.9 Å². The second-order valence-corrected chi connectivity index (χ2v) is 2.35. The van der Waals surface area contributed by atoms with Crippen LogP contribution in [0, 0.1) is 17.1 Å². The Hall–Kier alpha value is -1.95. The number of benzene rings is 1. The summed E-state index contributed by atoms with van der Waals surface area (Å²) < 4.78 is 12.6. The van der Waals surface area contributed by atoms with Crippen molar-refractivity contribution in [3.8, 4) is 6.07 Å².